The molecule has 4 aromatic rings. The van der Waals surface area contributed by atoms with Crippen molar-refractivity contribution in [2.45, 2.75) is 19.4 Å². The van der Waals surface area contributed by atoms with Crippen molar-refractivity contribution in [1.29, 1.82) is 0 Å². The van der Waals surface area contributed by atoms with Crippen LogP contribution in [0.3, 0.4) is 0 Å². The number of rotatable bonds is 6. The Balaban J connectivity index is 1.39. The molecule has 29 heavy (non-hydrogen) atoms. The first kappa shape index (κ1) is 19.7. The van der Waals surface area contributed by atoms with E-state index < -0.39 is 0 Å². The molecule has 9 heteroatoms. The van der Waals surface area contributed by atoms with Crippen LogP contribution in [0, 0.1) is 0 Å². The molecule has 0 saturated heterocycles. The van der Waals surface area contributed by atoms with Gasteiger partial charge in [0.25, 0.3) is 0 Å². The van der Waals surface area contributed by atoms with Crippen molar-refractivity contribution >= 4 is 40.4 Å². The van der Waals surface area contributed by atoms with Gasteiger partial charge in [-0.1, -0.05) is 35.3 Å². The van der Waals surface area contributed by atoms with Gasteiger partial charge in [0, 0.05) is 5.56 Å². The minimum atomic E-state index is -0.303. The van der Waals surface area contributed by atoms with Crippen molar-refractivity contribution in [2.75, 3.05) is 0 Å². The number of H-pyrrole nitrogens is 1. The van der Waals surface area contributed by atoms with Crippen LogP contribution in [0.15, 0.2) is 52.6 Å². The monoisotopic (exact) mass is 446 g/mol. The molecule has 6 nitrogen and oxygen atoms in total. The van der Waals surface area contributed by atoms with Crippen LogP contribution in [0.5, 0.6) is 0 Å². The highest BCUT2D eigenvalue weighted by molar-refractivity contribution is 7.13. The Labute approximate surface area is 180 Å². The molecule has 1 amide bonds. The number of benzene rings is 1. The number of nitrogens with one attached hydrogen (secondary N) is 2. The quantitative estimate of drug-likeness (QED) is 0.408. The molecule has 0 aliphatic carbocycles. The lowest BCUT2D eigenvalue weighted by Gasteiger charge is -2.10. The number of aromatic nitrogens is 3. The number of carbonyl (C=O) groups is 1. The highest BCUT2D eigenvalue weighted by atomic mass is 35.5. The molecule has 3 heterocycles. The standard InChI is InChI=1S/C20H16Cl2N4O2S/c1-11(19-23-9-16(26-19)12-4-5-14(21)15(22)7-12)24-18(27)8-13-10-28-20(25-13)17-3-2-6-29-17/h2-7,9-11H,8H2,1H3,(H,23,26)(H,24,27)/t11-/m0/s1. The summed E-state index contributed by atoms with van der Waals surface area (Å²) in [6.07, 6.45) is 3.33. The van der Waals surface area contributed by atoms with Gasteiger partial charge in [0.1, 0.15) is 12.1 Å². The average molecular weight is 447 g/mol. The molecular weight excluding hydrogens is 431 g/mol. The SMILES string of the molecule is C[C@H](NC(=O)Cc1coc(-c2cccs2)n1)c1ncc(-c2ccc(Cl)c(Cl)c2)[nH]1. The van der Waals surface area contributed by atoms with Crippen molar-refractivity contribution in [3.63, 3.8) is 0 Å². The van der Waals surface area contributed by atoms with Gasteiger partial charge in [-0.15, -0.1) is 11.3 Å². The fourth-order valence-electron chi connectivity index (χ4n) is 2.79. The summed E-state index contributed by atoms with van der Waals surface area (Å²) in [5, 5.41) is 5.82. The number of amides is 1. The minimum absolute atomic E-state index is 0.125. The number of imidazole rings is 1. The van der Waals surface area contributed by atoms with E-state index in [4.69, 9.17) is 27.6 Å². The van der Waals surface area contributed by atoms with E-state index in [1.807, 2.05) is 30.5 Å². The number of hydrogen-bond acceptors (Lipinski definition) is 5. The van der Waals surface area contributed by atoms with Gasteiger partial charge >= 0.3 is 0 Å². The lowest BCUT2D eigenvalue weighted by atomic mass is 10.2. The number of carbonyl (C=O) groups excluding carboxylic acids is 1. The number of nitrogens with zero attached hydrogens (tertiary/aromatic N) is 2. The van der Waals surface area contributed by atoms with Crippen LogP contribution in [0.25, 0.3) is 22.0 Å². The number of thiophene rings is 1. The van der Waals surface area contributed by atoms with E-state index in [0.717, 1.165) is 16.1 Å². The molecule has 4 rings (SSSR count). The van der Waals surface area contributed by atoms with E-state index in [9.17, 15) is 4.79 Å². The van der Waals surface area contributed by atoms with Crippen LogP contribution >= 0.6 is 34.5 Å². The van der Waals surface area contributed by atoms with Gasteiger partial charge in [-0.2, -0.15) is 0 Å². The van der Waals surface area contributed by atoms with Gasteiger partial charge in [0.2, 0.25) is 11.8 Å². The summed E-state index contributed by atoms with van der Waals surface area (Å²) in [5.41, 5.74) is 2.23. The second-order valence-corrected chi connectivity index (χ2v) is 8.16. The van der Waals surface area contributed by atoms with Crippen LogP contribution in [0.2, 0.25) is 10.0 Å². The number of hydrogen-bond donors (Lipinski definition) is 2. The van der Waals surface area contributed by atoms with Gasteiger partial charge in [-0.25, -0.2) is 9.97 Å². The number of aromatic amines is 1. The fourth-order valence-corrected chi connectivity index (χ4v) is 3.75. The van der Waals surface area contributed by atoms with Crippen molar-refractivity contribution in [3.05, 3.63) is 69.7 Å². The Bertz CT molecular complexity index is 1140. The van der Waals surface area contributed by atoms with Crippen LogP contribution in [0.4, 0.5) is 0 Å². The van der Waals surface area contributed by atoms with E-state index >= 15 is 0 Å². The van der Waals surface area contributed by atoms with Crippen molar-refractivity contribution < 1.29 is 9.21 Å². The second kappa shape index (κ2) is 8.41. The third-order valence-electron chi connectivity index (χ3n) is 4.24. The summed E-state index contributed by atoms with van der Waals surface area (Å²) < 4.78 is 5.45. The summed E-state index contributed by atoms with van der Waals surface area (Å²) in [5.74, 6) is 0.989. The molecule has 0 unspecified atom stereocenters. The summed E-state index contributed by atoms with van der Waals surface area (Å²) in [6.45, 7) is 1.86. The first-order valence-electron chi connectivity index (χ1n) is 8.77. The molecule has 0 aliphatic heterocycles. The lowest BCUT2D eigenvalue weighted by molar-refractivity contribution is -0.121. The Morgan fingerprint density at radius 2 is 2.17 bits per heavy atom. The third kappa shape index (κ3) is 4.53. The first-order valence-corrected chi connectivity index (χ1v) is 10.4. The zero-order valence-corrected chi connectivity index (χ0v) is 17.6. The van der Waals surface area contributed by atoms with E-state index in [-0.39, 0.29) is 18.4 Å². The fraction of sp³-hybridized carbons (Fsp3) is 0.150. The van der Waals surface area contributed by atoms with Crippen molar-refractivity contribution in [3.8, 4) is 22.0 Å². The maximum Gasteiger partial charge on any atom is 0.236 e. The largest absolute Gasteiger partial charge is 0.444 e. The normalized spacial score (nSPS) is 12.1. The molecular formula is C20H16Cl2N4O2S. The van der Waals surface area contributed by atoms with Crippen LogP contribution < -0.4 is 5.32 Å². The van der Waals surface area contributed by atoms with E-state index in [0.29, 0.717) is 27.5 Å². The van der Waals surface area contributed by atoms with Gasteiger partial charge in [-0.3, -0.25) is 4.79 Å². The molecule has 2 N–H and O–H groups in total. The smallest absolute Gasteiger partial charge is 0.236 e. The number of oxazole rings is 1. The maximum absolute atomic E-state index is 12.4. The molecule has 0 bridgehead atoms. The van der Waals surface area contributed by atoms with Crippen LogP contribution in [-0.4, -0.2) is 20.9 Å². The van der Waals surface area contributed by atoms with E-state index in [1.54, 1.807) is 18.3 Å². The Hall–Kier alpha value is -2.61. The second-order valence-electron chi connectivity index (χ2n) is 6.40. The van der Waals surface area contributed by atoms with Gasteiger partial charge < -0.3 is 14.7 Å². The van der Waals surface area contributed by atoms with E-state index in [2.05, 4.69) is 20.3 Å². The van der Waals surface area contributed by atoms with Gasteiger partial charge in [0.05, 0.1) is 45.0 Å². The highest BCUT2D eigenvalue weighted by Crippen LogP contribution is 2.28. The Kier molecular flexibility index (Phi) is 5.71. The molecule has 0 saturated carbocycles. The van der Waals surface area contributed by atoms with Crippen LogP contribution in [-0.2, 0) is 11.2 Å². The molecule has 0 spiro atoms. The van der Waals surface area contributed by atoms with Crippen molar-refractivity contribution in [2.24, 2.45) is 0 Å². The summed E-state index contributed by atoms with van der Waals surface area (Å²) in [4.78, 5) is 25.3. The molecule has 0 radical (unpaired) electrons. The van der Waals surface area contributed by atoms with Crippen molar-refractivity contribution in [1.82, 2.24) is 20.3 Å². The van der Waals surface area contributed by atoms with E-state index in [1.165, 1.54) is 17.6 Å². The lowest BCUT2D eigenvalue weighted by Crippen LogP contribution is -2.28. The number of halogens is 2. The predicted octanol–water partition coefficient (Wildman–Crippen LogP) is 5.52. The van der Waals surface area contributed by atoms with Gasteiger partial charge in [-0.05, 0) is 30.5 Å². The predicted molar refractivity (Wildman–Crippen MR) is 114 cm³/mol. The Morgan fingerprint density at radius 1 is 1.31 bits per heavy atom. The molecule has 3 aromatic heterocycles. The molecule has 148 valence electrons. The molecule has 0 fully saturated rings. The average Bonchev–Trinajstić information content (AvgIpc) is 3.45. The topological polar surface area (TPSA) is 83.8 Å². The maximum atomic E-state index is 12.4. The molecule has 0 aliphatic rings. The third-order valence-corrected chi connectivity index (χ3v) is 5.84. The first-order chi connectivity index (χ1) is 14.0. The highest BCUT2D eigenvalue weighted by Gasteiger charge is 2.16. The molecule has 1 aromatic carbocycles. The Morgan fingerprint density at radius 3 is 2.93 bits per heavy atom. The zero-order chi connectivity index (χ0) is 20.4. The zero-order valence-electron chi connectivity index (χ0n) is 15.3. The van der Waals surface area contributed by atoms with Crippen LogP contribution in [0.1, 0.15) is 24.5 Å². The summed E-state index contributed by atoms with van der Waals surface area (Å²) >= 11 is 13.6. The summed E-state index contributed by atoms with van der Waals surface area (Å²) in [6, 6.07) is 8.89. The molecule has 1 atom stereocenters. The van der Waals surface area contributed by atoms with Gasteiger partial charge in [0.15, 0.2) is 0 Å². The summed E-state index contributed by atoms with van der Waals surface area (Å²) in [7, 11) is 0. The minimum Gasteiger partial charge on any atom is -0.444 e.